The molecule has 0 aromatic heterocycles. The van der Waals surface area contributed by atoms with Gasteiger partial charge >= 0.3 is 5.97 Å². The van der Waals surface area contributed by atoms with Gasteiger partial charge in [0.05, 0.1) is 10.8 Å². The Bertz CT molecular complexity index is 865. The highest BCUT2D eigenvalue weighted by Crippen LogP contribution is 2.31. The zero-order chi connectivity index (χ0) is 18.7. The van der Waals surface area contributed by atoms with Crippen molar-refractivity contribution < 1.29 is 23.1 Å². The number of carboxylic acid groups (broad SMARTS) is 1. The van der Waals surface area contributed by atoms with Gasteiger partial charge in [-0.1, -0.05) is 18.2 Å². The number of likely N-dealkylation sites (tertiary alicyclic amines) is 1. The number of piperidine rings is 1. The second kappa shape index (κ2) is 7.47. The lowest BCUT2D eigenvalue weighted by molar-refractivity contribution is -0.143. The first-order valence-electron chi connectivity index (χ1n) is 8.38. The summed E-state index contributed by atoms with van der Waals surface area (Å²) >= 11 is 0. The smallest absolute Gasteiger partial charge is 0.306 e. The van der Waals surface area contributed by atoms with Crippen LogP contribution in [0.3, 0.4) is 0 Å². The number of carboxylic acids is 1. The molecule has 6 nitrogen and oxygen atoms in total. The van der Waals surface area contributed by atoms with Gasteiger partial charge in [-0.05, 0) is 62.8 Å². The Morgan fingerprint density at radius 3 is 2.31 bits per heavy atom. The van der Waals surface area contributed by atoms with Crippen LogP contribution in [0.25, 0.3) is 0 Å². The second-order valence-electron chi connectivity index (χ2n) is 6.43. The van der Waals surface area contributed by atoms with Gasteiger partial charge in [-0.25, -0.2) is 8.42 Å². The van der Waals surface area contributed by atoms with Crippen molar-refractivity contribution in [2.24, 2.45) is 5.92 Å². The highest BCUT2D eigenvalue weighted by atomic mass is 32.2. The monoisotopic (exact) mass is 375 g/mol. The van der Waals surface area contributed by atoms with Crippen molar-refractivity contribution in [3.63, 3.8) is 0 Å². The van der Waals surface area contributed by atoms with E-state index in [0.717, 1.165) is 0 Å². The van der Waals surface area contributed by atoms with E-state index in [0.29, 0.717) is 24.5 Å². The van der Waals surface area contributed by atoms with Crippen LogP contribution in [-0.2, 0) is 14.6 Å². The van der Waals surface area contributed by atoms with Gasteiger partial charge in [-0.2, -0.15) is 0 Å². The third-order valence-corrected chi connectivity index (χ3v) is 6.84. The Kier molecular flexibility index (Phi) is 5.29. The fourth-order valence-corrected chi connectivity index (χ4v) is 5.01. The molecule has 0 spiro atoms. The normalized spacial score (nSPS) is 21.3. The minimum absolute atomic E-state index is 0.0937. The molecule has 1 fully saturated rings. The number of aliphatic carboxylic acids is 1. The zero-order valence-electron chi connectivity index (χ0n) is 14.4. The summed E-state index contributed by atoms with van der Waals surface area (Å²) in [4.78, 5) is 13.1. The molecule has 2 aromatic rings. The lowest BCUT2D eigenvalue weighted by atomic mass is 9.97. The van der Waals surface area contributed by atoms with Gasteiger partial charge in [0, 0.05) is 0 Å². The van der Waals surface area contributed by atoms with Crippen LogP contribution in [0, 0.1) is 5.92 Å². The molecule has 1 heterocycles. The van der Waals surface area contributed by atoms with Gasteiger partial charge in [-0.3, -0.25) is 9.69 Å². The van der Waals surface area contributed by atoms with Crippen LogP contribution in [-0.4, -0.2) is 43.4 Å². The lowest BCUT2D eigenvalue weighted by Crippen LogP contribution is -2.46. The number of hydrogen-bond donors (Lipinski definition) is 1. The number of rotatable bonds is 5. The van der Waals surface area contributed by atoms with Gasteiger partial charge in [-0.15, -0.1) is 0 Å². The largest absolute Gasteiger partial charge is 0.481 e. The van der Waals surface area contributed by atoms with Gasteiger partial charge in [0.25, 0.3) is 0 Å². The second-order valence-corrected chi connectivity index (χ2v) is 8.53. The van der Waals surface area contributed by atoms with Gasteiger partial charge in [0.15, 0.2) is 9.84 Å². The molecular weight excluding hydrogens is 354 g/mol. The summed E-state index contributed by atoms with van der Waals surface area (Å²) < 4.78 is 31.6. The van der Waals surface area contributed by atoms with Crippen LogP contribution in [0.15, 0.2) is 59.5 Å². The number of benzene rings is 2. The third-order valence-electron chi connectivity index (χ3n) is 4.65. The van der Waals surface area contributed by atoms with Crippen LogP contribution in [0.4, 0.5) is 0 Å². The van der Waals surface area contributed by atoms with Crippen molar-refractivity contribution in [1.29, 1.82) is 0 Å². The maximum absolute atomic E-state index is 13.0. The first-order valence-corrected chi connectivity index (χ1v) is 9.92. The summed E-state index contributed by atoms with van der Waals surface area (Å²) in [7, 11) is -1.94. The fourth-order valence-electron chi connectivity index (χ4n) is 3.11. The molecule has 2 atom stereocenters. The molecule has 26 heavy (non-hydrogen) atoms. The summed E-state index contributed by atoms with van der Waals surface area (Å²) in [5.41, 5.74) is 0. The van der Waals surface area contributed by atoms with E-state index in [2.05, 4.69) is 0 Å². The predicted octanol–water partition coefficient (Wildman–Crippen LogP) is 3.01. The Balaban J connectivity index is 1.79. The van der Waals surface area contributed by atoms with Crippen molar-refractivity contribution in [1.82, 2.24) is 4.90 Å². The van der Waals surface area contributed by atoms with Crippen molar-refractivity contribution in [2.45, 2.75) is 23.1 Å². The van der Waals surface area contributed by atoms with E-state index in [9.17, 15) is 18.3 Å². The van der Waals surface area contributed by atoms with Crippen LogP contribution < -0.4 is 4.74 Å². The van der Waals surface area contributed by atoms with Crippen molar-refractivity contribution >= 4 is 15.8 Å². The molecule has 3 rings (SSSR count). The molecule has 1 aliphatic heterocycles. The number of carbonyl (C=O) groups is 1. The van der Waals surface area contributed by atoms with Crippen molar-refractivity contribution in [3.8, 4) is 11.5 Å². The number of para-hydroxylation sites is 1. The topological polar surface area (TPSA) is 83.9 Å². The summed E-state index contributed by atoms with van der Waals surface area (Å²) in [6.07, 6.45) is 0.554. The highest BCUT2D eigenvalue weighted by Gasteiger charge is 2.38. The van der Waals surface area contributed by atoms with Crippen molar-refractivity contribution in [2.75, 3.05) is 13.6 Å². The van der Waals surface area contributed by atoms with Crippen LogP contribution in [0.2, 0.25) is 0 Å². The number of ether oxygens (including phenoxy) is 1. The maximum atomic E-state index is 13.0. The van der Waals surface area contributed by atoms with E-state index in [1.807, 2.05) is 30.3 Å². The minimum Gasteiger partial charge on any atom is -0.481 e. The average Bonchev–Trinajstić information content (AvgIpc) is 2.63. The van der Waals surface area contributed by atoms with E-state index >= 15 is 0 Å². The Morgan fingerprint density at radius 2 is 1.69 bits per heavy atom. The molecule has 0 aliphatic carbocycles. The molecule has 0 radical (unpaired) electrons. The minimum atomic E-state index is -3.66. The molecule has 0 bridgehead atoms. The molecule has 1 N–H and O–H groups in total. The van der Waals surface area contributed by atoms with Gasteiger partial charge < -0.3 is 9.84 Å². The van der Waals surface area contributed by atoms with Crippen LogP contribution >= 0.6 is 0 Å². The third kappa shape index (κ3) is 3.89. The molecule has 138 valence electrons. The Morgan fingerprint density at radius 1 is 1.08 bits per heavy atom. The van der Waals surface area contributed by atoms with E-state index in [4.69, 9.17) is 4.74 Å². The van der Waals surface area contributed by atoms with E-state index in [1.165, 1.54) is 12.1 Å². The Hall–Kier alpha value is -2.38. The first-order chi connectivity index (χ1) is 12.4. The van der Waals surface area contributed by atoms with Crippen LogP contribution in [0.1, 0.15) is 12.8 Å². The van der Waals surface area contributed by atoms with Crippen molar-refractivity contribution in [3.05, 3.63) is 54.6 Å². The van der Waals surface area contributed by atoms with Crippen LogP contribution in [0.5, 0.6) is 11.5 Å². The van der Waals surface area contributed by atoms with Gasteiger partial charge in [0.1, 0.15) is 16.9 Å². The van der Waals surface area contributed by atoms with E-state index in [1.54, 1.807) is 24.1 Å². The molecule has 2 unspecified atom stereocenters. The summed E-state index contributed by atoms with van der Waals surface area (Å²) in [5, 5.41) is 8.39. The SMILES string of the molecule is CN1CCC(C(=O)O)CC1S(=O)(=O)c1ccc(Oc2ccccc2)cc1. The van der Waals surface area contributed by atoms with E-state index < -0.39 is 27.1 Å². The number of sulfone groups is 1. The maximum Gasteiger partial charge on any atom is 0.306 e. The standard InChI is InChI=1S/C19H21NO5S/c1-20-12-11-14(19(21)22)13-18(20)26(23,24)17-9-7-16(8-10-17)25-15-5-3-2-4-6-15/h2-10,14,18H,11-13H2,1H3,(H,21,22). The molecule has 7 heteroatoms. The zero-order valence-corrected chi connectivity index (χ0v) is 15.2. The first kappa shape index (κ1) is 18.4. The molecule has 2 aromatic carbocycles. The fraction of sp³-hybridized carbons (Fsp3) is 0.316. The Labute approximate surface area is 152 Å². The number of hydrogen-bond acceptors (Lipinski definition) is 5. The van der Waals surface area contributed by atoms with E-state index in [-0.39, 0.29) is 11.3 Å². The number of nitrogens with zero attached hydrogens (tertiary/aromatic N) is 1. The van der Waals surface area contributed by atoms with Gasteiger partial charge in [0.2, 0.25) is 0 Å². The molecule has 0 saturated carbocycles. The summed E-state index contributed by atoms with van der Waals surface area (Å²) in [5.74, 6) is -0.369. The summed E-state index contributed by atoms with van der Waals surface area (Å²) in [6.45, 7) is 0.441. The average molecular weight is 375 g/mol. The molecule has 1 aliphatic rings. The predicted molar refractivity (Wildman–Crippen MR) is 96.9 cm³/mol. The molecule has 0 amide bonds. The molecule has 1 saturated heterocycles. The highest BCUT2D eigenvalue weighted by molar-refractivity contribution is 7.92. The summed E-state index contributed by atoms with van der Waals surface area (Å²) in [6, 6.07) is 15.4. The quantitative estimate of drug-likeness (QED) is 0.865. The lowest BCUT2D eigenvalue weighted by Gasteiger charge is -2.34. The molecular formula is C19H21NO5S.